The van der Waals surface area contributed by atoms with Gasteiger partial charge in [0.25, 0.3) is 0 Å². The second-order valence-electron chi connectivity index (χ2n) is 7.92. The zero-order chi connectivity index (χ0) is 20.9. The number of carbonyl (C=O) groups excluding carboxylic acids is 1. The Morgan fingerprint density at radius 3 is 2.55 bits per heavy atom. The van der Waals surface area contributed by atoms with Gasteiger partial charge in [0, 0.05) is 19.1 Å². The number of amides is 1. The van der Waals surface area contributed by atoms with Gasteiger partial charge in [-0.1, -0.05) is 37.3 Å². The van der Waals surface area contributed by atoms with E-state index in [1.54, 1.807) is 6.07 Å². The number of piperidine rings is 1. The van der Waals surface area contributed by atoms with Crippen LogP contribution >= 0.6 is 11.6 Å². The molecule has 2 aliphatic rings. The fourth-order valence-electron chi connectivity index (χ4n) is 4.18. The first-order valence-corrected chi connectivity index (χ1v) is 12.5. The molecule has 162 valence electrons. The number of sulfonamides is 1. The van der Waals surface area contributed by atoms with Gasteiger partial charge in [-0.2, -0.15) is 4.31 Å². The molecule has 0 unspecified atom stereocenters. The third-order valence-electron chi connectivity index (χ3n) is 5.80. The van der Waals surface area contributed by atoms with Crippen LogP contribution in [0.3, 0.4) is 0 Å². The Balaban J connectivity index is 1.67. The Hall–Kier alpha value is -1.31. The van der Waals surface area contributed by atoms with E-state index in [4.69, 9.17) is 16.3 Å². The monoisotopic (exact) mass is 442 g/mol. The molecule has 1 amide bonds. The number of halogens is 1. The van der Waals surface area contributed by atoms with E-state index in [9.17, 15) is 13.2 Å². The highest BCUT2D eigenvalue weighted by molar-refractivity contribution is 7.89. The van der Waals surface area contributed by atoms with Crippen molar-refractivity contribution in [3.05, 3.63) is 23.2 Å². The van der Waals surface area contributed by atoms with E-state index in [-0.39, 0.29) is 34.3 Å². The van der Waals surface area contributed by atoms with Gasteiger partial charge in [0.2, 0.25) is 15.9 Å². The van der Waals surface area contributed by atoms with Gasteiger partial charge in [-0.3, -0.25) is 4.79 Å². The van der Waals surface area contributed by atoms with Crippen molar-refractivity contribution in [3.8, 4) is 5.75 Å². The minimum atomic E-state index is -3.71. The largest absolute Gasteiger partial charge is 0.492 e. The summed E-state index contributed by atoms with van der Waals surface area (Å²) in [5, 5.41) is 3.44. The molecule has 0 radical (unpaired) electrons. The minimum Gasteiger partial charge on any atom is -0.492 e. The van der Waals surface area contributed by atoms with Crippen molar-refractivity contribution in [2.24, 2.45) is 5.92 Å². The number of hydrogen-bond donors (Lipinski definition) is 1. The second kappa shape index (κ2) is 10.1. The van der Waals surface area contributed by atoms with E-state index >= 15 is 0 Å². The van der Waals surface area contributed by atoms with Crippen LogP contribution in [0, 0.1) is 5.92 Å². The van der Waals surface area contributed by atoms with Crippen LogP contribution in [0.4, 0.5) is 0 Å². The van der Waals surface area contributed by atoms with E-state index < -0.39 is 10.0 Å². The highest BCUT2D eigenvalue weighted by Crippen LogP contribution is 2.30. The third-order valence-corrected chi connectivity index (χ3v) is 7.95. The van der Waals surface area contributed by atoms with E-state index in [1.165, 1.54) is 29.3 Å². The zero-order valence-electron chi connectivity index (χ0n) is 17.0. The summed E-state index contributed by atoms with van der Waals surface area (Å²) in [4.78, 5) is 12.9. The number of nitrogens with one attached hydrogen (secondary N) is 1. The maximum absolute atomic E-state index is 13.1. The molecule has 8 heteroatoms. The van der Waals surface area contributed by atoms with Gasteiger partial charge in [0.05, 0.1) is 22.4 Å². The molecule has 1 N–H and O–H groups in total. The molecule has 1 atom stereocenters. The summed E-state index contributed by atoms with van der Waals surface area (Å²) in [6.07, 6.45) is 8.18. The van der Waals surface area contributed by atoms with Crippen LogP contribution in [-0.2, 0) is 14.8 Å². The molecule has 6 nitrogen and oxygen atoms in total. The quantitative estimate of drug-likeness (QED) is 0.676. The fraction of sp³-hybridized carbons (Fsp3) is 0.667. The van der Waals surface area contributed by atoms with Crippen molar-refractivity contribution in [2.45, 2.75) is 69.2 Å². The van der Waals surface area contributed by atoms with E-state index in [0.29, 0.717) is 31.7 Å². The zero-order valence-corrected chi connectivity index (χ0v) is 18.6. The van der Waals surface area contributed by atoms with E-state index in [0.717, 1.165) is 25.7 Å². The lowest BCUT2D eigenvalue weighted by molar-refractivity contribution is -0.126. The van der Waals surface area contributed by atoms with Crippen LogP contribution < -0.4 is 10.1 Å². The summed E-state index contributed by atoms with van der Waals surface area (Å²) < 4.78 is 33.0. The van der Waals surface area contributed by atoms with Gasteiger partial charge in [0.1, 0.15) is 5.75 Å². The van der Waals surface area contributed by atoms with Gasteiger partial charge in [-0.05, 0) is 50.8 Å². The summed E-state index contributed by atoms with van der Waals surface area (Å²) in [6.45, 7) is 2.93. The summed E-state index contributed by atoms with van der Waals surface area (Å²) in [7, 11) is -3.71. The van der Waals surface area contributed by atoms with Crippen LogP contribution in [-0.4, -0.2) is 44.4 Å². The van der Waals surface area contributed by atoms with E-state index in [2.05, 4.69) is 5.32 Å². The summed E-state index contributed by atoms with van der Waals surface area (Å²) >= 11 is 6.18. The number of ether oxygens (including phenoxy) is 1. The molecule has 1 heterocycles. The van der Waals surface area contributed by atoms with Crippen molar-refractivity contribution in [2.75, 3.05) is 19.7 Å². The molecule has 1 aliphatic carbocycles. The summed E-state index contributed by atoms with van der Waals surface area (Å²) in [5.74, 6) is 0.147. The first kappa shape index (κ1) is 22.4. The first-order valence-electron chi connectivity index (χ1n) is 10.6. The van der Waals surface area contributed by atoms with Crippen LogP contribution in [0.2, 0.25) is 5.02 Å². The second-order valence-corrected chi connectivity index (χ2v) is 10.3. The van der Waals surface area contributed by atoms with Gasteiger partial charge < -0.3 is 10.1 Å². The average molecular weight is 443 g/mol. The van der Waals surface area contributed by atoms with Crippen molar-refractivity contribution in [1.82, 2.24) is 9.62 Å². The molecular weight excluding hydrogens is 412 g/mol. The van der Waals surface area contributed by atoms with Crippen LogP contribution in [0.1, 0.15) is 58.3 Å². The standard InChI is InChI=1S/C21H31ClN2O4S/c1-2-28-20-12-11-18(14-19(20)22)29(26,27)24-13-7-8-16(15-24)21(25)23-17-9-5-3-4-6-10-17/h11-12,14,16-17H,2-10,13,15H2,1H3,(H,23,25)/t16-/m0/s1. The fourth-order valence-corrected chi connectivity index (χ4v) is 6.03. The van der Waals surface area contributed by atoms with Gasteiger partial charge in [-0.25, -0.2) is 8.42 Å². The molecule has 1 aromatic carbocycles. The van der Waals surface area contributed by atoms with Gasteiger partial charge in [0.15, 0.2) is 0 Å². The maximum atomic E-state index is 13.1. The SMILES string of the molecule is CCOc1ccc(S(=O)(=O)N2CCC[C@H](C(=O)NC3CCCCCC3)C2)cc1Cl. The molecule has 29 heavy (non-hydrogen) atoms. The number of rotatable bonds is 6. The lowest BCUT2D eigenvalue weighted by Gasteiger charge is -2.32. The van der Waals surface area contributed by atoms with Crippen molar-refractivity contribution < 1.29 is 17.9 Å². The van der Waals surface area contributed by atoms with Crippen LogP contribution in [0.15, 0.2) is 23.1 Å². The predicted octanol–water partition coefficient (Wildman–Crippen LogP) is 3.98. The molecule has 0 bridgehead atoms. The number of carbonyl (C=O) groups is 1. The van der Waals surface area contributed by atoms with Crippen LogP contribution in [0.25, 0.3) is 0 Å². The van der Waals surface area contributed by atoms with Crippen molar-refractivity contribution >= 4 is 27.5 Å². The Morgan fingerprint density at radius 1 is 1.17 bits per heavy atom. The normalized spacial score (nSPS) is 22.1. The number of hydrogen-bond acceptors (Lipinski definition) is 4. The molecule has 1 aliphatic heterocycles. The molecule has 2 fully saturated rings. The Labute approximate surface area is 179 Å². The van der Waals surface area contributed by atoms with E-state index in [1.807, 2.05) is 6.92 Å². The lowest BCUT2D eigenvalue weighted by Crippen LogP contribution is -2.47. The third kappa shape index (κ3) is 5.64. The predicted molar refractivity (Wildman–Crippen MR) is 114 cm³/mol. The number of benzene rings is 1. The molecule has 3 rings (SSSR count). The Bertz CT molecular complexity index is 807. The van der Waals surface area contributed by atoms with Crippen molar-refractivity contribution in [1.29, 1.82) is 0 Å². The number of nitrogens with zero attached hydrogens (tertiary/aromatic N) is 1. The molecular formula is C21H31ClN2O4S. The molecule has 0 spiro atoms. The van der Waals surface area contributed by atoms with Gasteiger partial charge in [-0.15, -0.1) is 0 Å². The Morgan fingerprint density at radius 2 is 1.90 bits per heavy atom. The highest BCUT2D eigenvalue weighted by Gasteiger charge is 2.34. The average Bonchev–Trinajstić information content (AvgIpc) is 2.98. The Kier molecular flexibility index (Phi) is 7.82. The molecule has 1 saturated heterocycles. The summed E-state index contributed by atoms with van der Waals surface area (Å²) in [6, 6.07) is 4.75. The minimum absolute atomic E-state index is 0.0125. The summed E-state index contributed by atoms with van der Waals surface area (Å²) in [5.41, 5.74) is 0. The van der Waals surface area contributed by atoms with Gasteiger partial charge >= 0.3 is 0 Å². The lowest BCUT2D eigenvalue weighted by atomic mass is 9.97. The molecule has 0 aromatic heterocycles. The first-order chi connectivity index (χ1) is 13.9. The molecule has 1 aromatic rings. The van der Waals surface area contributed by atoms with Crippen molar-refractivity contribution in [3.63, 3.8) is 0 Å². The smallest absolute Gasteiger partial charge is 0.243 e. The maximum Gasteiger partial charge on any atom is 0.243 e. The highest BCUT2D eigenvalue weighted by atomic mass is 35.5. The topological polar surface area (TPSA) is 75.7 Å². The molecule has 1 saturated carbocycles. The van der Waals surface area contributed by atoms with Crippen LogP contribution in [0.5, 0.6) is 5.75 Å².